The molecule has 5 heteroatoms. The number of nitrogens with one attached hydrogen (secondary N) is 1. The van der Waals surface area contributed by atoms with Gasteiger partial charge in [0, 0.05) is 18.0 Å². The molecule has 0 saturated heterocycles. The molecule has 0 atom stereocenters. The number of imidazole rings is 1. The van der Waals surface area contributed by atoms with Crippen molar-refractivity contribution in [3.63, 3.8) is 0 Å². The molecule has 1 amide bonds. The summed E-state index contributed by atoms with van der Waals surface area (Å²) < 4.78 is 1.80. The molecule has 2 aromatic heterocycles. The van der Waals surface area contributed by atoms with Gasteiger partial charge in [-0.3, -0.25) is 4.79 Å². The van der Waals surface area contributed by atoms with Crippen LogP contribution in [0.5, 0.6) is 0 Å². The summed E-state index contributed by atoms with van der Waals surface area (Å²) in [6.45, 7) is 0. The van der Waals surface area contributed by atoms with Crippen molar-refractivity contribution in [2.75, 3.05) is 5.32 Å². The monoisotopic (exact) mass is 238 g/mol. The highest BCUT2D eigenvalue weighted by Gasteiger charge is 2.06. The predicted molar refractivity (Wildman–Crippen MR) is 67.4 cm³/mol. The first kappa shape index (κ1) is 10.5. The SMILES string of the molecule is O=C(Nc1cn2ccnc2cn1)c1ccccc1. The fourth-order valence-corrected chi connectivity index (χ4v) is 1.67. The van der Waals surface area contributed by atoms with E-state index in [0.717, 1.165) is 5.65 Å². The van der Waals surface area contributed by atoms with Crippen LogP contribution in [-0.2, 0) is 0 Å². The van der Waals surface area contributed by atoms with Gasteiger partial charge in [0.1, 0.15) is 5.82 Å². The Bertz CT molecular complexity index is 690. The van der Waals surface area contributed by atoms with Crippen molar-refractivity contribution >= 4 is 17.4 Å². The first-order valence-electron chi connectivity index (χ1n) is 5.48. The van der Waals surface area contributed by atoms with Gasteiger partial charge in [0.2, 0.25) is 0 Å². The van der Waals surface area contributed by atoms with Crippen LogP contribution in [0.2, 0.25) is 0 Å². The van der Waals surface area contributed by atoms with Gasteiger partial charge in [-0.05, 0) is 12.1 Å². The number of anilines is 1. The van der Waals surface area contributed by atoms with Gasteiger partial charge >= 0.3 is 0 Å². The summed E-state index contributed by atoms with van der Waals surface area (Å²) in [5.74, 6) is 0.317. The number of aromatic nitrogens is 3. The van der Waals surface area contributed by atoms with Crippen molar-refractivity contribution in [1.82, 2.24) is 14.4 Å². The van der Waals surface area contributed by atoms with E-state index < -0.39 is 0 Å². The second kappa shape index (κ2) is 4.29. The van der Waals surface area contributed by atoms with Crippen molar-refractivity contribution in [3.8, 4) is 0 Å². The van der Waals surface area contributed by atoms with Crippen LogP contribution in [0, 0.1) is 0 Å². The van der Waals surface area contributed by atoms with E-state index in [0.29, 0.717) is 11.4 Å². The lowest BCUT2D eigenvalue weighted by atomic mass is 10.2. The second-order valence-corrected chi connectivity index (χ2v) is 3.79. The smallest absolute Gasteiger partial charge is 0.256 e. The number of fused-ring (bicyclic) bond motifs is 1. The van der Waals surface area contributed by atoms with E-state index >= 15 is 0 Å². The van der Waals surface area contributed by atoms with E-state index in [2.05, 4.69) is 15.3 Å². The summed E-state index contributed by atoms with van der Waals surface area (Å²) in [5, 5.41) is 2.74. The fraction of sp³-hybridized carbons (Fsp3) is 0. The van der Waals surface area contributed by atoms with Gasteiger partial charge in [-0.15, -0.1) is 0 Å². The Morgan fingerprint density at radius 3 is 2.83 bits per heavy atom. The van der Waals surface area contributed by atoms with Crippen LogP contribution in [0.25, 0.3) is 5.65 Å². The third kappa shape index (κ3) is 1.93. The van der Waals surface area contributed by atoms with Crippen molar-refractivity contribution in [2.24, 2.45) is 0 Å². The Morgan fingerprint density at radius 1 is 1.17 bits per heavy atom. The highest BCUT2D eigenvalue weighted by Crippen LogP contribution is 2.07. The zero-order valence-corrected chi connectivity index (χ0v) is 9.45. The molecule has 1 aromatic carbocycles. The van der Waals surface area contributed by atoms with Crippen LogP contribution in [-0.4, -0.2) is 20.3 Å². The van der Waals surface area contributed by atoms with Crippen molar-refractivity contribution in [1.29, 1.82) is 0 Å². The molecule has 18 heavy (non-hydrogen) atoms. The molecule has 0 spiro atoms. The van der Waals surface area contributed by atoms with Gasteiger partial charge in [-0.2, -0.15) is 0 Å². The summed E-state index contributed by atoms with van der Waals surface area (Å²) in [4.78, 5) is 20.1. The average Bonchev–Trinajstić information content (AvgIpc) is 2.87. The Hall–Kier alpha value is -2.69. The van der Waals surface area contributed by atoms with Gasteiger partial charge in [-0.1, -0.05) is 18.2 Å². The van der Waals surface area contributed by atoms with Gasteiger partial charge in [-0.25, -0.2) is 9.97 Å². The normalized spacial score (nSPS) is 10.4. The molecule has 0 aliphatic carbocycles. The Kier molecular flexibility index (Phi) is 2.49. The average molecular weight is 238 g/mol. The Labute approximate surface area is 103 Å². The molecule has 2 heterocycles. The number of rotatable bonds is 2. The molecular weight excluding hydrogens is 228 g/mol. The number of benzene rings is 1. The quantitative estimate of drug-likeness (QED) is 0.742. The zero-order valence-electron chi connectivity index (χ0n) is 9.45. The summed E-state index contributed by atoms with van der Waals surface area (Å²) in [5.41, 5.74) is 1.35. The summed E-state index contributed by atoms with van der Waals surface area (Å²) >= 11 is 0. The molecular formula is C13H10N4O. The summed E-state index contributed by atoms with van der Waals surface area (Å²) in [6, 6.07) is 9.02. The maximum absolute atomic E-state index is 11.9. The third-order valence-electron chi connectivity index (χ3n) is 2.56. The number of nitrogens with zero attached hydrogens (tertiary/aromatic N) is 3. The van der Waals surface area contributed by atoms with Crippen LogP contribution < -0.4 is 5.32 Å². The molecule has 3 rings (SSSR count). The largest absolute Gasteiger partial charge is 0.305 e. The lowest BCUT2D eigenvalue weighted by Gasteiger charge is -2.04. The van der Waals surface area contributed by atoms with Crippen molar-refractivity contribution < 1.29 is 4.79 Å². The van der Waals surface area contributed by atoms with Crippen molar-refractivity contribution in [2.45, 2.75) is 0 Å². The molecule has 0 radical (unpaired) electrons. The minimum atomic E-state index is -0.178. The van der Waals surface area contributed by atoms with E-state index in [9.17, 15) is 4.79 Å². The van der Waals surface area contributed by atoms with Gasteiger partial charge in [0.25, 0.3) is 5.91 Å². The molecule has 0 unspecified atom stereocenters. The number of hydrogen-bond donors (Lipinski definition) is 1. The minimum absolute atomic E-state index is 0.178. The Balaban J connectivity index is 1.86. The summed E-state index contributed by atoms with van der Waals surface area (Å²) in [6.07, 6.45) is 6.82. The van der Waals surface area contributed by atoms with E-state index in [-0.39, 0.29) is 5.91 Å². The molecule has 0 aliphatic heterocycles. The molecule has 5 nitrogen and oxygen atoms in total. The lowest BCUT2D eigenvalue weighted by molar-refractivity contribution is 0.102. The van der Waals surface area contributed by atoms with Gasteiger partial charge < -0.3 is 9.72 Å². The molecule has 0 fully saturated rings. The van der Waals surface area contributed by atoms with E-state index in [1.165, 1.54) is 0 Å². The molecule has 88 valence electrons. The number of hydrogen-bond acceptors (Lipinski definition) is 3. The molecule has 1 N–H and O–H groups in total. The zero-order chi connectivity index (χ0) is 12.4. The molecule has 0 aliphatic rings. The number of carbonyl (C=O) groups is 1. The van der Waals surface area contributed by atoms with Crippen LogP contribution >= 0.6 is 0 Å². The lowest BCUT2D eigenvalue weighted by Crippen LogP contribution is -2.13. The van der Waals surface area contributed by atoms with E-state index in [1.807, 2.05) is 18.2 Å². The first-order chi connectivity index (χ1) is 8.83. The summed E-state index contributed by atoms with van der Waals surface area (Å²) in [7, 11) is 0. The fourth-order valence-electron chi connectivity index (χ4n) is 1.67. The van der Waals surface area contributed by atoms with Crippen LogP contribution in [0.3, 0.4) is 0 Å². The maximum atomic E-state index is 11.9. The number of carbonyl (C=O) groups excluding carboxylic acids is 1. The van der Waals surface area contributed by atoms with Crippen LogP contribution in [0.4, 0.5) is 5.82 Å². The Morgan fingerprint density at radius 2 is 2.00 bits per heavy atom. The maximum Gasteiger partial charge on any atom is 0.256 e. The van der Waals surface area contributed by atoms with Gasteiger partial charge in [0.05, 0.1) is 12.4 Å². The minimum Gasteiger partial charge on any atom is -0.305 e. The van der Waals surface area contributed by atoms with E-state index in [1.54, 1.807) is 41.3 Å². The second-order valence-electron chi connectivity index (χ2n) is 3.79. The predicted octanol–water partition coefficient (Wildman–Crippen LogP) is 1.98. The third-order valence-corrected chi connectivity index (χ3v) is 2.56. The standard InChI is InChI=1S/C13H10N4O/c18-13(10-4-2-1-3-5-10)16-11-9-17-7-6-14-12(17)8-15-11/h1-9H,(H,16,18). The molecule has 3 aromatic rings. The van der Waals surface area contributed by atoms with E-state index in [4.69, 9.17) is 0 Å². The molecule has 0 saturated carbocycles. The van der Waals surface area contributed by atoms with Crippen LogP contribution in [0.1, 0.15) is 10.4 Å². The highest BCUT2D eigenvalue weighted by atomic mass is 16.1. The molecule has 0 bridgehead atoms. The first-order valence-corrected chi connectivity index (χ1v) is 5.48. The highest BCUT2D eigenvalue weighted by molar-refractivity contribution is 6.03. The van der Waals surface area contributed by atoms with Crippen molar-refractivity contribution in [3.05, 3.63) is 60.7 Å². The number of amides is 1. The van der Waals surface area contributed by atoms with Gasteiger partial charge in [0.15, 0.2) is 5.65 Å². The topological polar surface area (TPSA) is 59.3 Å². The van der Waals surface area contributed by atoms with Crippen LogP contribution in [0.15, 0.2) is 55.1 Å².